The third kappa shape index (κ3) is 2.57. The lowest BCUT2D eigenvalue weighted by Gasteiger charge is -2.05. The molecule has 13 heavy (non-hydrogen) atoms. The van der Waals surface area contributed by atoms with E-state index in [0.717, 1.165) is 0 Å². The van der Waals surface area contributed by atoms with Gasteiger partial charge < -0.3 is 4.74 Å². The van der Waals surface area contributed by atoms with Gasteiger partial charge in [-0.1, -0.05) is 24.3 Å². The highest BCUT2D eigenvalue weighted by molar-refractivity contribution is 6.31. The summed E-state index contributed by atoms with van der Waals surface area (Å²) in [5.41, 5.74) is 2.28. The van der Waals surface area contributed by atoms with Crippen LogP contribution in [0.25, 0.3) is 0 Å². The fourth-order valence-corrected chi connectivity index (χ4v) is 0.806. The number of hydrogen-bond donors (Lipinski definition) is 2. The Bertz CT molecular complexity index is 305. The molecule has 70 valence electrons. The predicted molar refractivity (Wildman–Crippen MR) is 50.5 cm³/mol. The number of ether oxygens (including phenoxy) is 1. The van der Waals surface area contributed by atoms with E-state index in [1.165, 1.54) is 6.20 Å². The molecule has 3 N–H and O–H groups in total. The highest BCUT2D eigenvalue weighted by Crippen LogP contribution is 2.21. The molecule has 0 aliphatic rings. The first kappa shape index (κ1) is 9.76. The van der Waals surface area contributed by atoms with Gasteiger partial charge in [-0.15, -0.1) is 0 Å². The fraction of sp³-hybridized carbons (Fsp3) is 0.143. The van der Waals surface area contributed by atoms with E-state index in [0.29, 0.717) is 11.6 Å². The van der Waals surface area contributed by atoms with E-state index in [4.69, 9.17) is 22.2 Å². The molecule has 1 aromatic heterocycles. The number of aromatic nitrogens is 2. The van der Waals surface area contributed by atoms with E-state index in [9.17, 15) is 0 Å². The van der Waals surface area contributed by atoms with Crippen molar-refractivity contribution in [3.05, 3.63) is 23.9 Å². The number of nitrogens with one attached hydrogen (secondary N) is 1. The van der Waals surface area contributed by atoms with E-state index < -0.39 is 0 Å². The first-order valence-corrected chi connectivity index (χ1v) is 3.88. The van der Waals surface area contributed by atoms with Crippen molar-refractivity contribution >= 4 is 17.5 Å². The average Bonchev–Trinajstić information content (AvgIpc) is 2.17. The minimum absolute atomic E-state index is 0.253. The molecule has 1 heterocycles. The summed E-state index contributed by atoms with van der Waals surface area (Å²) in [6.07, 6.45) is 3.00. The van der Waals surface area contributed by atoms with Crippen LogP contribution in [0.1, 0.15) is 0 Å². The minimum Gasteiger partial charge on any atom is -0.472 e. The highest BCUT2D eigenvalue weighted by Gasteiger charge is 2.04. The molecule has 0 aliphatic heterocycles. The molecular formula is C7H9ClN4O. The Kier molecular flexibility index (Phi) is 3.48. The molecule has 0 amide bonds. The van der Waals surface area contributed by atoms with Crippen LogP contribution in [0.2, 0.25) is 5.02 Å². The molecule has 0 spiro atoms. The molecule has 0 fully saturated rings. The summed E-state index contributed by atoms with van der Waals surface area (Å²) in [4.78, 5) is 7.66. The predicted octanol–water partition coefficient (Wildman–Crippen LogP) is 0.980. The van der Waals surface area contributed by atoms with Crippen LogP contribution in [0.4, 0.5) is 5.95 Å². The largest absolute Gasteiger partial charge is 0.472 e. The molecule has 0 aliphatic carbocycles. The maximum absolute atomic E-state index is 5.74. The Labute approximate surface area is 80.6 Å². The summed E-state index contributed by atoms with van der Waals surface area (Å²) >= 11 is 5.74. The second kappa shape index (κ2) is 4.64. The van der Waals surface area contributed by atoms with Crippen LogP contribution in [0, 0.1) is 0 Å². The molecule has 0 aromatic carbocycles. The maximum atomic E-state index is 5.74. The van der Waals surface area contributed by atoms with Crippen molar-refractivity contribution in [1.82, 2.24) is 9.97 Å². The normalized spacial score (nSPS) is 9.38. The van der Waals surface area contributed by atoms with Gasteiger partial charge in [0.2, 0.25) is 11.8 Å². The first-order chi connectivity index (χ1) is 6.27. The van der Waals surface area contributed by atoms with Crippen molar-refractivity contribution in [2.24, 2.45) is 5.84 Å². The van der Waals surface area contributed by atoms with Gasteiger partial charge in [0.1, 0.15) is 11.6 Å². The zero-order valence-corrected chi connectivity index (χ0v) is 7.58. The Morgan fingerprint density at radius 1 is 1.77 bits per heavy atom. The van der Waals surface area contributed by atoms with E-state index in [1.54, 1.807) is 6.08 Å². The molecule has 0 bridgehead atoms. The average molecular weight is 201 g/mol. The minimum atomic E-state index is 0.253. The van der Waals surface area contributed by atoms with Gasteiger partial charge >= 0.3 is 0 Å². The van der Waals surface area contributed by atoms with Gasteiger partial charge in [0.25, 0.3) is 0 Å². The molecule has 0 saturated heterocycles. The molecule has 1 rings (SSSR count). The van der Waals surface area contributed by atoms with Crippen LogP contribution in [0.5, 0.6) is 5.88 Å². The Balaban J connectivity index is 2.83. The lowest BCUT2D eigenvalue weighted by molar-refractivity contribution is 0.349. The van der Waals surface area contributed by atoms with E-state index in [-0.39, 0.29) is 11.8 Å². The second-order valence-electron chi connectivity index (χ2n) is 2.09. The van der Waals surface area contributed by atoms with Gasteiger partial charge in [0, 0.05) is 0 Å². The monoisotopic (exact) mass is 200 g/mol. The summed E-state index contributed by atoms with van der Waals surface area (Å²) in [7, 11) is 0. The van der Waals surface area contributed by atoms with Crippen molar-refractivity contribution in [2.45, 2.75) is 0 Å². The van der Waals surface area contributed by atoms with Crippen LogP contribution < -0.4 is 16.0 Å². The third-order valence-corrected chi connectivity index (χ3v) is 1.44. The SMILES string of the molecule is C=CCOc1nc(NN)ncc1Cl. The molecule has 0 atom stereocenters. The van der Waals surface area contributed by atoms with Crippen LogP contribution in [-0.2, 0) is 0 Å². The van der Waals surface area contributed by atoms with Crippen molar-refractivity contribution in [2.75, 3.05) is 12.0 Å². The summed E-state index contributed by atoms with van der Waals surface area (Å²) in [6.45, 7) is 3.83. The quantitative estimate of drug-likeness (QED) is 0.431. The lowest BCUT2D eigenvalue weighted by Crippen LogP contribution is -2.11. The number of rotatable bonds is 4. The first-order valence-electron chi connectivity index (χ1n) is 3.50. The van der Waals surface area contributed by atoms with Gasteiger partial charge in [-0.2, -0.15) is 4.98 Å². The molecule has 0 unspecified atom stereocenters. The maximum Gasteiger partial charge on any atom is 0.240 e. The van der Waals surface area contributed by atoms with Crippen LogP contribution >= 0.6 is 11.6 Å². The van der Waals surface area contributed by atoms with Gasteiger partial charge in [-0.25, -0.2) is 10.8 Å². The number of hydrazine groups is 1. The van der Waals surface area contributed by atoms with Crippen LogP contribution in [0.15, 0.2) is 18.9 Å². The zero-order chi connectivity index (χ0) is 9.68. The highest BCUT2D eigenvalue weighted by atomic mass is 35.5. The third-order valence-electron chi connectivity index (χ3n) is 1.18. The molecule has 0 radical (unpaired) electrons. The van der Waals surface area contributed by atoms with Crippen LogP contribution in [0.3, 0.4) is 0 Å². The van der Waals surface area contributed by atoms with Gasteiger partial charge in [0.05, 0.1) is 6.20 Å². The lowest BCUT2D eigenvalue weighted by atomic mass is 10.6. The summed E-state index contributed by atoms with van der Waals surface area (Å²) in [5, 5.41) is 0.334. The molecule has 1 aromatic rings. The van der Waals surface area contributed by atoms with Crippen molar-refractivity contribution in [3.63, 3.8) is 0 Å². The van der Waals surface area contributed by atoms with Gasteiger partial charge in [-0.05, 0) is 0 Å². The number of nitrogen functional groups attached to an aromatic ring is 1. The summed E-state index contributed by atoms with van der Waals surface area (Å²) < 4.78 is 5.13. The molecule has 6 heteroatoms. The van der Waals surface area contributed by atoms with Crippen molar-refractivity contribution in [1.29, 1.82) is 0 Å². The topological polar surface area (TPSA) is 73.1 Å². The van der Waals surface area contributed by atoms with Gasteiger partial charge in [-0.3, -0.25) is 5.43 Å². The van der Waals surface area contributed by atoms with Crippen molar-refractivity contribution in [3.8, 4) is 5.88 Å². The van der Waals surface area contributed by atoms with E-state index >= 15 is 0 Å². The molecule has 5 nitrogen and oxygen atoms in total. The number of hydrogen-bond acceptors (Lipinski definition) is 5. The number of anilines is 1. The Hall–Kier alpha value is -1.33. The van der Waals surface area contributed by atoms with E-state index in [2.05, 4.69) is 22.0 Å². The standard InChI is InChI=1S/C7H9ClN4O/c1-2-3-13-6-5(8)4-10-7(11-6)12-9/h2,4H,1,3,9H2,(H,10,11,12). The smallest absolute Gasteiger partial charge is 0.240 e. The van der Waals surface area contributed by atoms with Gasteiger partial charge in [0.15, 0.2) is 0 Å². The summed E-state index contributed by atoms with van der Waals surface area (Å²) in [5.74, 6) is 5.64. The van der Waals surface area contributed by atoms with Crippen LogP contribution in [-0.4, -0.2) is 16.6 Å². The van der Waals surface area contributed by atoms with Crippen molar-refractivity contribution < 1.29 is 4.74 Å². The Morgan fingerprint density at radius 3 is 3.15 bits per heavy atom. The van der Waals surface area contributed by atoms with E-state index in [1.807, 2.05) is 0 Å². The Morgan fingerprint density at radius 2 is 2.54 bits per heavy atom. The zero-order valence-electron chi connectivity index (χ0n) is 6.83. The summed E-state index contributed by atoms with van der Waals surface area (Å²) in [6, 6.07) is 0. The second-order valence-corrected chi connectivity index (χ2v) is 2.50. The molecule has 0 saturated carbocycles. The molecular weight excluding hydrogens is 192 g/mol. The number of halogens is 1. The number of nitrogens with zero attached hydrogens (tertiary/aromatic N) is 2. The number of nitrogens with two attached hydrogens (primary N) is 1. The fourth-order valence-electron chi connectivity index (χ4n) is 0.660.